The van der Waals surface area contributed by atoms with Crippen molar-refractivity contribution >= 4 is 34.5 Å². The van der Waals surface area contributed by atoms with Crippen molar-refractivity contribution in [2.75, 3.05) is 39.2 Å². The van der Waals surface area contributed by atoms with E-state index in [1.54, 1.807) is 18.0 Å². The number of nitrogens with one attached hydrogen (secondary N) is 1. The highest BCUT2D eigenvalue weighted by atomic mass is 35.5. The number of alkyl halides is 3. The highest BCUT2D eigenvalue weighted by molar-refractivity contribution is 7.16. The minimum absolute atomic E-state index is 0.0106. The van der Waals surface area contributed by atoms with Crippen molar-refractivity contribution in [1.29, 1.82) is 0 Å². The Morgan fingerprint density at radius 2 is 2.00 bits per heavy atom. The number of hydrogen-bond donors (Lipinski definition) is 1. The summed E-state index contributed by atoms with van der Waals surface area (Å²) in [6, 6.07) is 6.58. The molecule has 2 rings (SSSR count). The fourth-order valence-electron chi connectivity index (χ4n) is 2.36. The van der Waals surface area contributed by atoms with Gasteiger partial charge in [-0.25, -0.2) is 0 Å². The van der Waals surface area contributed by atoms with E-state index in [0.717, 1.165) is 17.0 Å². The van der Waals surface area contributed by atoms with Crippen molar-refractivity contribution in [3.63, 3.8) is 0 Å². The summed E-state index contributed by atoms with van der Waals surface area (Å²) in [5.41, 5.74) is -0.910. The second-order valence-corrected chi connectivity index (χ2v) is 7.78. The molecule has 0 radical (unpaired) electrons. The predicted octanol–water partition coefficient (Wildman–Crippen LogP) is 4.52. The Balaban J connectivity index is 2.06. The van der Waals surface area contributed by atoms with Crippen molar-refractivity contribution in [3.8, 4) is 5.75 Å². The largest absolute Gasteiger partial charge is 0.489 e. The second kappa shape index (κ2) is 10.1. The molecule has 0 aliphatic carbocycles. The minimum atomic E-state index is -4.53. The number of amides is 1. The molecule has 1 aromatic carbocycles. The first-order valence-corrected chi connectivity index (χ1v) is 9.44. The van der Waals surface area contributed by atoms with Crippen molar-refractivity contribution in [2.24, 2.45) is 0 Å². The van der Waals surface area contributed by atoms with Crippen LogP contribution < -0.4 is 10.1 Å². The third-order valence-corrected chi connectivity index (χ3v) is 4.81. The number of nitrogens with zero attached hydrogens (tertiary/aromatic N) is 1. The molecule has 0 aliphatic heterocycles. The van der Waals surface area contributed by atoms with E-state index in [9.17, 15) is 18.0 Å². The number of hydrogen-bond acceptors (Lipinski definition) is 5. The third-order valence-electron chi connectivity index (χ3n) is 3.59. The molecule has 2 aromatic rings. The first kappa shape index (κ1) is 22.5. The molecule has 1 aromatic heterocycles. The van der Waals surface area contributed by atoms with Gasteiger partial charge in [0.25, 0.3) is 0 Å². The lowest BCUT2D eigenvalue weighted by atomic mass is 10.1. The molecule has 1 amide bonds. The highest BCUT2D eigenvalue weighted by Gasteiger charge is 2.31. The summed E-state index contributed by atoms with van der Waals surface area (Å²) >= 11 is 7.28. The zero-order valence-corrected chi connectivity index (χ0v) is 16.9. The molecule has 0 fully saturated rings. The Morgan fingerprint density at radius 3 is 2.61 bits per heavy atom. The summed E-state index contributed by atoms with van der Waals surface area (Å²) < 4.78 is 49.9. The zero-order valence-electron chi connectivity index (χ0n) is 15.3. The van der Waals surface area contributed by atoms with Gasteiger partial charge in [-0.2, -0.15) is 13.2 Å². The first-order valence-electron chi connectivity index (χ1n) is 8.24. The molecule has 0 atom stereocenters. The summed E-state index contributed by atoms with van der Waals surface area (Å²) in [5.74, 6) is -0.313. The van der Waals surface area contributed by atoms with Crippen molar-refractivity contribution < 1.29 is 27.4 Å². The lowest BCUT2D eigenvalue weighted by molar-refractivity contribution is -0.137. The van der Waals surface area contributed by atoms with Gasteiger partial charge in [0.05, 0.1) is 28.7 Å². The van der Waals surface area contributed by atoms with Crippen LogP contribution in [0.5, 0.6) is 5.75 Å². The van der Waals surface area contributed by atoms with Crippen LogP contribution in [0.3, 0.4) is 0 Å². The Kier molecular flexibility index (Phi) is 8.11. The maximum Gasteiger partial charge on any atom is 0.416 e. The molecule has 0 unspecified atom stereocenters. The van der Waals surface area contributed by atoms with Crippen LogP contribution >= 0.6 is 22.9 Å². The number of thiophene rings is 1. The lowest BCUT2D eigenvalue weighted by Gasteiger charge is -2.18. The maximum atomic E-state index is 13.0. The van der Waals surface area contributed by atoms with Gasteiger partial charge in [-0.1, -0.05) is 11.6 Å². The number of benzene rings is 1. The normalized spacial score (nSPS) is 11.7. The summed E-state index contributed by atoms with van der Waals surface area (Å²) in [5, 5.41) is 2.50. The van der Waals surface area contributed by atoms with E-state index < -0.39 is 17.6 Å². The quantitative estimate of drug-likeness (QED) is 0.587. The topological polar surface area (TPSA) is 50.8 Å². The molecule has 0 saturated heterocycles. The predicted molar refractivity (Wildman–Crippen MR) is 103 cm³/mol. The molecular formula is C18H20ClF3N2O3S. The van der Waals surface area contributed by atoms with Crippen LogP contribution in [0.1, 0.15) is 10.4 Å². The Morgan fingerprint density at radius 1 is 1.25 bits per heavy atom. The number of methoxy groups -OCH3 is 1. The van der Waals surface area contributed by atoms with E-state index in [1.165, 1.54) is 24.5 Å². The van der Waals surface area contributed by atoms with Gasteiger partial charge in [0.15, 0.2) is 0 Å². The van der Waals surface area contributed by atoms with E-state index in [0.29, 0.717) is 10.9 Å². The molecule has 1 heterocycles. The number of carbonyl (C=O) groups is 1. The number of ether oxygens (including phenoxy) is 2. The van der Waals surface area contributed by atoms with E-state index in [1.807, 2.05) is 6.07 Å². The van der Waals surface area contributed by atoms with Gasteiger partial charge < -0.3 is 14.8 Å². The van der Waals surface area contributed by atoms with Crippen molar-refractivity contribution in [3.05, 3.63) is 45.1 Å². The van der Waals surface area contributed by atoms with Gasteiger partial charge in [-0.3, -0.25) is 9.69 Å². The van der Waals surface area contributed by atoms with Gasteiger partial charge in [-0.15, -0.1) is 11.3 Å². The minimum Gasteiger partial charge on any atom is -0.489 e. The molecule has 0 saturated carbocycles. The summed E-state index contributed by atoms with van der Waals surface area (Å²) in [6.45, 7) is 0.887. The highest BCUT2D eigenvalue weighted by Crippen LogP contribution is 2.35. The standard InChI is InChI=1S/C18H20ClF3N2O3S/c1-24(10-13-4-6-16(19)28-13)11-17(25)23-14-9-12(18(20,21)22)3-5-15(14)27-8-7-26-2/h3-6,9H,7-8,10-11H2,1-2H3,(H,23,25). The molecule has 0 spiro atoms. The molecule has 10 heteroatoms. The van der Waals surface area contributed by atoms with Crippen LogP contribution in [0.2, 0.25) is 4.34 Å². The van der Waals surface area contributed by atoms with Gasteiger partial charge in [-0.05, 0) is 37.4 Å². The van der Waals surface area contributed by atoms with Crippen LogP contribution in [0.15, 0.2) is 30.3 Å². The molecule has 28 heavy (non-hydrogen) atoms. The molecule has 1 N–H and O–H groups in total. The fourth-order valence-corrected chi connectivity index (χ4v) is 3.53. The monoisotopic (exact) mass is 436 g/mol. The SMILES string of the molecule is COCCOc1ccc(C(F)(F)F)cc1NC(=O)CN(C)Cc1ccc(Cl)s1. The van der Waals surface area contributed by atoms with E-state index in [-0.39, 0.29) is 31.2 Å². The number of rotatable bonds is 9. The van der Waals surface area contributed by atoms with Gasteiger partial charge in [0.1, 0.15) is 12.4 Å². The Bertz CT molecular complexity index is 799. The number of carbonyl (C=O) groups excluding carboxylic acids is 1. The molecule has 0 aliphatic rings. The van der Waals surface area contributed by atoms with Crippen molar-refractivity contribution in [2.45, 2.75) is 12.7 Å². The second-order valence-electron chi connectivity index (χ2n) is 5.98. The fraction of sp³-hybridized carbons (Fsp3) is 0.389. The van der Waals surface area contributed by atoms with Crippen LogP contribution in [-0.2, 0) is 22.3 Å². The number of anilines is 1. The zero-order chi connectivity index (χ0) is 20.7. The van der Waals surface area contributed by atoms with Crippen LogP contribution in [-0.4, -0.2) is 44.7 Å². The summed E-state index contributed by atoms with van der Waals surface area (Å²) in [4.78, 5) is 15.0. The molecular weight excluding hydrogens is 417 g/mol. The van der Waals surface area contributed by atoms with E-state index in [2.05, 4.69) is 5.32 Å². The average molecular weight is 437 g/mol. The van der Waals surface area contributed by atoms with E-state index in [4.69, 9.17) is 21.1 Å². The molecule has 154 valence electrons. The summed E-state index contributed by atoms with van der Waals surface area (Å²) in [6.07, 6.45) is -4.53. The smallest absolute Gasteiger partial charge is 0.416 e. The van der Waals surface area contributed by atoms with Crippen LogP contribution in [0.25, 0.3) is 0 Å². The molecule has 5 nitrogen and oxygen atoms in total. The average Bonchev–Trinajstić information content (AvgIpc) is 2.99. The lowest BCUT2D eigenvalue weighted by Crippen LogP contribution is -2.29. The Hall–Kier alpha value is -1.81. The van der Waals surface area contributed by atoms with Crippen molar-refractivity contribution in [1.82, 2.24) is 4.90 Å². The van der Waals surface area contributed by atoms with Gasteiger partial charge in [0, 0.05) is 18.5 Å². The number of likely N-dealkylation sites (N-methyl/N-ethyl adjacent to an activating group) is 1. The van der Waals surface area contributed by atoms with E-state index >= 15 is 0 Å². The van der Waals surface area contributed by atoms with Gasteiger partial charge in [0.2, 0.25) is 5.91 Å². The maximum absolute atomic E-state index is 13.0. The van der Waals surface area contributed by atoms with Crippen LogP contribution in [0.4, 0.5) is 18.9 Å². The number of halogens is 4. The molecule has 0 bridgehead atoms. The Labute approximate surface area is 170 Å². The first-order chi connectivity index (χ1) is 13.2. The summed E-state index contributed by atoms with van der Waals surface area (Å²) in [7, 11) is 3.21. The van der Waals surface area contributed by atoms with Gasteiger partial charge >= 0.3 is 6.18 Å². The third kappa shape index (κ3) is 6.97. The van der Waals surface area contributed by atoms with Crippen LogP contribution in [0, 0.1) is 0 Å².